The van der Waals surface area contributed by atoms with Crippen molar-refractivity contribution >= 4 is 32.5 Å². The smallest absolute Gasteiger partial charge is 0.0723 e. The van der Waals surface area contributed by atoms with E-state index in [1.165, 1.54) is 0 Å². The van der Waals surface area contributed by atoms with Gasteiger partial charge in [-0.2, -0.15) is 0 Å². The van der Waals surface area contributed by atoms with Crippen LogP contribution in [0.15, 0.2) is 47.1 Å². The SMILES string of the molecule is C=C(C)COCCNc1ccnc2ccc(Br)cc12. The lowest BCUT2D eigenvalue weighted by Crippen LogP contribution is -2.10. The molecule has 0 radical (unpaired) electrons. The summed E-state index contributed by atoms with van der Waals surface area (Å²) in [6, 6.07) is 8.05. The fraction of sp³-hybridized carbons (Fsp3) is 0.267. The highest BCUT2D eigenvalue weighted by molar-refractivity contribution is 9.10. The Morgan fingerprint density at radius 2 is 2.26 bits per heavy atom. The van der Waals surface area contributed by atoms with E-state index in [0.29, 0.717) is 13.2 Å². The first-order valence-corrected chi connectivity index (χ1v) is 6.96. The normalized spacial score (nSPS) is 10.6. The molecule has 0 saturated heterocycles. The minimum absolute atomic E-state index is 0.615. The van der Waals surface area contributed by atoms with Gasteiger partial charge in [0.1, 0.15) is 0 Å². The minimum atomic E-state index is 0.615. The van der Waals surface area contributed by atoms with Crippen LogP contribution in [0.1, 0.15) is 6.92 Å². The van der Waals surface area contributed by atoms with E-state index in [2.05, 4.69) is 38.9 Å². The Bertz CT molecular complexity index is 583. The van der Waals surface area contributed by atoms with Gasteiger partial charge in [0, 0.05) is 28.3 Å². The maximum atomic E-state index is 5.47. The monoisotopic (exact) mass is 320 g/mol. The Labute approximate surface area is 121 Å². The van der Waals surface area contributed by atoms with Gasteiger partial charge in [0.05, 0.1) is 18.7 Å². The number of benzene rings is 1. The van der Waals surface area contributed by atoms with Crippen molar-refractivity contribution in [2.45, 2.75) is 6.92 Å². The molecule has 3 nitrogen and oxygen atoms in total. The Hall–Kier alpha value is -1.39. The highest BCUT2D eigenvalue weighted by Crippen LogP contribution is 2.24. The van der Waals surface area contributed by atoms with Crippen molar-refractivity contribution in [3.8, 4) is 0 Å². The van der Waals surface area contributed by atoms with Gasteiger partial charge in [0.2, 0.25) is 0 Å². The minimum Gasteiger partial charge on any atom is -0.382 e. The van der Waals surface area contributed by atoms with Crippen LogP contribution in [0.5, 0.6) is 0 Å². The Kier molecular flexibility index (Phi) is 4.93. The van der Waals surface area contributed by atoms with Crippen LogP contribution >= 0.6 is 15.9 Å². The molecule has 4 heteroatoms. The van der Waals surface area contributed by atoms with Crippen LogP contribution in [-0.4, -0.2) is 24.7 Å². The molecule has 0 saturated carbocycles. The molecule has 0 aliphatic carbocycles. The van der Waals surface area contributed by atoms with Crippen LogP contribution in [0.3, 0.4) is 0 Å². The van der Waals surface area contributed by atoms with Crippen LogP contribution in [0.2, 0.25) is 0 Å². The van der Waals surface area contributed by atoms with E-state index in [1.54, 1.807) is 0 Å². The molecule has 0 aliphatic heterocycles. The van der Waals surface area contributed by atoms with Gasteiger partial charge < -0.3 is 10.1 Å². The van der Waals surface area contributed by atoms with E-state index in [-0.39, 0.29) is 0 Å². The van der Waals surface area contributed by atoms with Crippen molar-refractivity contribution in [3.05, 3.63) is 47.1 Å². The number of rotatable bonds is 6. The van der Waals surface area contributed by atoms with Crippen LogP contribution < -0.4 is 5.32 Å². The molecule has 19 heavy (non-hydrogen) atoms. The number of hydrogen-bond donors (Lipinski definition) is 1. The maximum absolute atomic E-state index is 5.47. The molecule has 100 valence electrons. The highest BCUT2D eigenvalue weighted by atomic mass is 79.9. The molecular weight excluding hydrogens is 304 g/mol. The topological polar surface area (TPSA) is 34.1 Å². The molecule has 0 spiro atoms. The van der Waals surface area contributed by atoms with Gasteiger partial charge in [-0.05, 0) is 31.2 Å². The molecule has 0 aliphatic rings. The zero-order chi connectivity index (χ0) is 13.7. The standard InChI is InChI=1S/C15H17BrN2O/c1-11(2)10-19-8-7-18-15-5-6-17-14-4-3-12(16)9-13(14)15/h3-6,9H,1,7-8,10H2,2H3,(H,17,18). The van der Waals surface area contributed by atoms with E-state index in [4.69, 9.17) is 4.74 Å². The summed E-state index contributed by atoms with van der Waals surface area (Å²) in [6.45, 7) is 7.80. The average Bonchev–Trinajstić information content (AvgIpc) is 2.38. The molecular formula is C15H17BrN2O. The number of aromatic nitrogens is 1. The van der Waals surface area contributed by atoms with Crippen molar-refractivity contribution in [2.75, 3.05) is 25.1 Å². The number of pyridine rings is 1. The molecule has 0 amide bonds. The van der Waals surface area contributed by atoms with Crippen molar-refractivity contribution in [2.24, 2.45) is 0 Å². The summed E-state index contributed by atoms with van der Waals surface area (Å²) >= 11 is 3.49. The largest absolute Gasteiger partial charge is 0.382 e. The zero-order valence-corrected chi connectivity index (χ0v) is 12.5. The molecule has 2 rings (SSSR count). The fourth-order valence-corrected chi connectivity index (χ4v) is 2.14. The molecule has 2 aromatic rings. The second-order valence-corrected chi connectivity index (χ2v) is 5.37. The Balaban J connectivity index is 2.00. The van der Waals surface area contributed by atoms with Gasteiger partial charge in [-0.15, -0.1) is 0 Å². The first-order valence-electron chi connectivity index (χ1n) is 6.17. The summed E-state index contributed by atoms with van der Waals surface area (Å²) in [5, 5.41) is 4.48. The summed E-state index contributed by atoms with van der Waals surface area (Å²) in [5.74, 6) is 0. The number of nitrogens with one attached hydrogen (secondary N) is 1. The van der Waals surface area contributed by atoms with Gasteiger partial charge in [-0.1, -0.05) is 28.1 Å². The zero-order valence-electron chi connectivity index (χ0n) is 10.9. The molecule has 1 heterocycles. The van der Waals surface area contributed by atoms with Crippen molar-refractivity contribution < 1.29 is 4.74 Å². The van der Waals surface area contributed by atoms with Gasteiger partial charge in [0.15, 0.2) is 0 Å². The first kappa shape index (κ1) is 14.0. The number of fused-ring (bicyclic) bond motifs is 1. The maximum Gasteiger partial charge on any atom is 0.0723 e. The molecule has 1 N–H and O–H groups in total. The number of halogens is 1. The van der Waals surface area contributed by atoms with E-state index in [9.17, 15) is 0 Å². The van der Waals surface area contributed by atoms with Gasteiger partial charge in [-0.25, -0.2) is 0 Å². The van der Waals surface area contributed by atoms with Crippen molar-refractivity contribution in [3.63, 3.8) is 0 Å². The third-order valence-electron chi connectivity index (χ3n) is 2.61. The van der Waals surface area contributed by atoms with Gasteiger partial charge in [0.25, 0.3) is 0 Å². The number of hydrogen-bond acceptors (Lipinski definition) is 3. The first-order chi connectivity index (χ1) is 9.16. The third-order valence-corrected chi connectivity index (χ3v) is 3.11. The number of ether oxygens (including phenoxy) is 1. The van der Waals surface area contributed by atoms with Crippen LogP contribution in [0, 0.1) is 0 Å². The second kappa shape index (κ2) is 6.68. The lowest BCUT2D eigenvalue weighted by Gasteiger charge is -2.10. The average molecular weight is 321 g/mol. The van der Waals surface area contributed by atoms with Crippen molar-refractivity contribution in [1.29, 1.82) is 0 Å². The molecule has 0 unspecified atom stereocenters. The van der Waals surface area contributed by atoms with Crippen LogP contribution in [0.25, 0.3) is 10.9 Å². The quantitative estimate of drug-likeness (QED) is 0.645. The predicted molar refractivity (Wildman–Crippen MR) is 83.6 cm³/mol. The molecule has 0 fully saturated rings. The Morgan fingerprint density at radius 1 is 1.42 bits per heavy atom. The summed E-state index contributed by atoms with van der Waals surface area (Å²) in [7, 11) is 0. The third kappa shape index (κ3) is 4.04. The van der Waals surface area contributed by atoms with Crippen LogP contribution in [0.4, 0.5) is 5.69 Å². The highest BCUT2D eigenvalue weighted by Gasteiger charge is 2.02. The summed E-state index contributed by atoms with van der Waals surface area (Å²) in [5.41, 5.74) is 3.10. The number of anilines is 1. The molecule has 0 bridgehead atoms. The lowest BCUT2D eigenvalue weighted by atomic mass is 10.2. The summed E-state index contributed by atoms with van der Waals surface area (Å²) < 4.78 is 6.52. The van der Waals surface area contributed by atoms with E-state index < -0.39 is 0 Å². The Morgan fingerprint density at radius 3 is 3.05 bits per heavy atom. The van der Waals surface area contributed by atoms with Crippen molar-refractivity contribution in [1.82, 2.24) is 4.98 Å². The summed E-state index contributed by atoms with van der Waals surface area (Å²) in [4.78, 5) is 4.35. The predicted octanol–water partition coefficient (Wildman–Crippen LogP) is 4.00. The summed E-state index contributed by atoms with van der Waals surface area (Å²) in [6.07, 6.45) is 1.81. The lowest BCUT2D eigenvalue weighted by molar-refractivity contribution is 0.167. The van der Waals surface area contributed by atoms with Gasteiger partial charge >= 0.3 is 0 Å². The molecule has 1 aromatic carbocycles. The van der Waals surface area contributed by atoms with Gasteiger partial charge in [-0.3, -0.25) is 4.98 Å². The van der Waals surface area contributed by atoms with E-state index >= 15 is 0 Å². The van der Waals surface area contributed by atoms with E-state index in [1.807, 2.05) is 31.3 Å². The van der Waals surface area contributed by atoms with E-state index in [0.717, 1.165) is 33.2 Å². The fourth-order valence-electron chi connectivity index (χ4n) is 1.78. The molecule has 1 aromatic heterocycles. The van der Waals surface area contributed by atoms with Crippen LogP contribution in [-0.2, 0) is 4.74 Å². The second-order valence-electron chi connectivity index (χ2n) is 4.46. The molecule has 0 atom stereocenters. The number of nitrogens with zero attached hydrogens (tertiary/aromatic N) is 1.